The second kappa shape index (κ2) is 8.71. The first-order valence-corrected chi connectivity index (χ1v) is 10.9. The highest BCUT2D eigenvalue weighted by Gasteiger charge is 2.47. The number of hydrogen-bond acceptors (Lipinski definition) is 3. The van der Waals surface area contributed by atoms with Crippen molar-refractivity contribution >= 4 is 29.3 Å². The van der Waals surface area contributed by atoms with Crippen LogP contribution in [0.1, 0.15) is 47.7 Å². The molecule has 0 aromatic heterocycles. The molecule has 0 radical (unpaired) electrons. The molecule has 1 saturated heterocycles. The molecule has 2 aromatic rings. The number of likely N-dealkylation sites (tertiary alicyclic amines) is 1. The third-order valence-electron chi connectivity index (χ3n) is 6.46. The van der Waals surface area contributed by atoms with Crippen molar-refractivity contribution in [2.45, 2.75) is 44.8 Å². The Kier molecular flexibility index (Phi) is 6.01. The van der Waals surface area contributed by atoms with Gasteiger partial charge < -0.3 is 15.1 Å². The van der Waals surface area contributed by atoms with Gasteiger partial charge in [-0.1, -0.05) is 48.0 Å². The molecular formula is C24H26ClN3O3. The minimum absolute atomic E-state index is 0.0211. The predicted octanol–water partition coefficient (Wildman–Crippen LogP) is 3.38. The number of piperidine rings is 1. The average Bonchev–Trinajstić information content (AvgIpc) is 3.11. The number of benzene rings is 2. The third-order valence-corrected chi connectivity index (χ3v) is 6.83. The summed E-state index contributed by atoms with van der Waals surface area (Å²) >= 11 is 6.21. The molecule has 0 unspecified atom stereocenters. The zero-order valence-electron chi connectivity index (χ0n) is 17.6. The Hall–Kier alpha value is -2.86. The van der Waals surface area contributed by atoms with Crippen molar-refractivity contribution in [3.63, 3.8) is 0 Å². The smallest absolute Gasteiger partial charge is 0.254 e. The maximum Gasteiger partial charge on any atom is 0.254 e. The zero-order valence-corrected chi connectivity index (χ0v) is 18.3. The number of amides is 3. The van der Waals surface area contributed by atoms with Crippen LogP contribution in [0, 0.1) is 0 Å². The van der Waals surface area contributed by atoms with Crippen LogP contribution in [0.3, 0.4) is 0 Å². The standard InChI is InChI=1S/C24H26ClN3O3/c1-17(29)27-12-10-24(11-13-27,28-16-19-7-2-4-8-20(19)23(28)31)14-22(30)26-15-18-6-3-5-9-21(18)25/h2-9H,10-16H2,1H3,(H,26,30). The Morgan fingerprint density at radius 1 is 1.06 bits per heavy atom. The summed E-state index contributed by atoms with van der Waals surface area (Å²) in [4.78, 5) is 41.7. The highest BCUT2D eigenvalue weighted by atomic mass is 35.5. The van der Waals surface area contributed by atoms with Crippen molar-refractivity contribution in [2.75, 3.05) is 13.1 Å². The molecule has 1 N–H and O–H groups in total. The molecule has 31 heavy (non-hydrogen) atoms. The van der Waals surface area contributed by atoms with Crippen molar-refractivity contribution in [3.05, 3.63) is 70.2 Å². The first-order chi connectivity index (χ1) is 14.9. The van der Waals surface area contributed by atoms with Crippen molar-refractivity contribution in [2.24, 2.45) is 0 Å². The SMILES string of the molecule is CC(=O)N1CCC(CC(=O)NCc2ccccc2Cl)(N2Cc3ccccc3C2=O)CC1. The number of carbonyl (C=O) groups excluding carboxylic acids is 3. The number of rotatable bonds is 5. The summed E-state index contributed by atoms with van der Waals surface area (Å²) < 4.78 is 0. The van der Waals surface area contributed by atoms with Gasteiger partial charge in [-0.2, -0.15) is 0 Å². The number of carbonyl (C=O) groups is 3. The summed E-state index contributed by atoms with van der Waals surface area (Å²) in [6.07, 6.45) is 1.35. The molecule has 0 spiro atoms. The fourth-order valence-corrected chi connectivity index (χ4v) is 4.82. The van der Waals surface area contributed by atoms with E-state index in [4.69, 9.17) is 11.6 Å². The Labute approximate surface area is 187 Å². The van der Waals surface area contributed by atoms with Gasteiger partial charge in [0.2, 0.25) is 11.8 Å². The van der Waals surface area contributed by atoms with Gasteiger partial charge in [-0.25, -0.2) is 0 Å². The summed E-state index contributed by atoms with van der Waals surface area (Å²) in [6, 6.07) is 15.0. The van der Waals surface area contributed by atoms with Crippen LogP contribution in [0.5, 0.6) is 0 Å². The molecular weight excluding hydrogens is 414 g/mol. The molecule has 2 aromatic carbocycles. The molecule has 162 valence electrons. The van der Waals surface area contributed by atoms with Gasteiger partial charge in [0.15, 0.2) is 0 Å². The summed E-state index contributed by atoms with van der Waals surface area (Å²) in [5.74, 6) is -0.140. The van der Waals surface area contributed by atoms with E-state index in [2.05, 4.69) is 5.32 Å². The molecule has 0 bridgehead atoms. The summed E-state index contributed by atoms with van der Waals surface area (Å²) in [5.41, 5.74) is 1.92. The highest BCUT2D eigenvalue weighted by Crippen LogP contribution is 2.38. The Bertz CT molecular complexity index is 1010. The Morgan fingerprint density at radius 2 is 1.74 bits per heavy atom. The summed E-state index contributed by atoms with van der Waals surface area (Å²) in [5, 5.41) is 3.57. The highest BCUT2D eigenvalue weighted by molar-refractivity contribution is 6.31. The fraction of sp³-hybridized carbons (Fsp3) is 0.375. The monoisotopic (exact) mass is 439 g/mol. The fourth-order valence-electron chi connectivity index (χ4n) is 4.61. The molecule has 2 heterocycles. The molecule has 2 aliphatic heterocycles. The maximum atomic E-state index is 13.2. The predicted molar refractivity (Wildman–Crippen MR) is 118 cm³/mol. The van der Waals surface area contributed by atoms with Gasteiger partial charge in [-0.3, -0.25) is 14.4 Å². The van der Waals surface area contributed by atoms with Crippen LogP contribution >= 0.6 is 11.6 Å². The number of nitrogens with zero attached hydrogens (tertiary/aromatic N) is 2. The molecule has 2 aliphatic rings. The summed E-state index contributed by atoms with van der Waals surface area (Å²) in [7, 11) is 0. The second-order valence-corrected chi connectivity index (χ2v) is 8.73. The van der Waals surface area contributed by atoms with Crippen LogP contribution in [0.25, 0.3) is 0 Å². The largest absolute Gasteiger partial charge is 0.352 e. The van der Waals surface area contributed by atoms with Crippen molar-refractivity contribution < 1.29 is 14.4 Å². The molecule has 0 aliphatic carbocycles. The van der Waals surface area contributed by atoms with Crippen LogP contribution in [-0.2, 0) is 22.7 Å². The zero-order chi connectivity index (χ0) is 22.0. The van der Waals surface area contributed by atoms with E-state index in [1.165, 1.54) is 0 Å². The van der Waals surface area contributed by atoms with E-state index in [-0.39, 0.29) is 24.1 Å². The first-order valence-electron chi connectivity index (χ1n) is 10.6. The molecule has 3 amide bonds. The molecule has 0 atom stereocenters. The van der Waals surface area contributed by atoms with Crippen LogP contribution < -0.4 is 5.32 Å². The van der Waals surface area contributed by atoms with Gasteiger partial charge in [0.25, 0.3) is 5.91 Å². The van der Waals surface area contributed by atoms with Gasteiger partial charge in [-0.15, -0.1) is 0 Å². The number of nitrogens with one attached hydrogen (secondary N) is 1. The van der Waals surface area contributed by atoms with E-state index in [0.29, 0.717) is 49.6 Å². The molecule has 1 fully saturated rings. The lowest BCUT2D eigenvalue weighted by molar-refractivity contribution is -0.132. The third kappa shape index (κ3) is 4.30. The van der Waals surface area contributed by atoms with E-state index in [0.717, 1.165) is 11.1 Å². The minimum atomic E-state index is -0.618. The second-order valence-electron chi connectivity index (χ2n) is 8.32. The Morgan fingerprint density at radius 3 is 2.42 bits per heavy atom. The maximum absolute atomic E-state index is 13.2. The lowest BCUT2D eigenvalue weighted by atomic mass is 9.82. The minimum Gasteiger partial charge on any atom is -0.352 e. The van der Waals surface area contributed by atoms with Gasteiger partial charge in [0, 0.05) is 43.7 Å². The summed E-state index contributed by atoms with van der Waals surface area (Å²) in [6.45, 7) is 3.45. The van der Waals surface area contributed by atoms with Crippen molar-refractivity contribution in [1.82, 2.24) is 15.1 Å². The first kappa shape index (κ1) is 21.4. The topological polar surface area (TPSA) is 69.7 Å². The van der Waals surface area contributed by atoms with Gasteiger partial charge in [0.05, 0.1) is 12.0 Å². The van der Waals surface area contributed by atoms with Crippen molar-refractivity contribution in [3.8, 4) is 0 Å². The van der Waals surface area contributed by atoms with E-state index in [1.54, 1.807) is 17.9 Å². The van der Waals surface area contributed by atoms with E-state index >= 15 is 0 Å². The van der Waals surface area contributed by atoms with Gasteiger partial charge in [0.1, 0.15) is 0 Å². The number of fused-ring (bicyclic) bond motifs is 1. The van der Waals surface area contributed by atoms with E-state index < -0.39 is 5.54 Å². The average molecular weight is 440 g/mol. The van der Waals surface area contributed by atoms with Crippen molar-refractivity contribution in [1.29, 1.82) is 0 Å². The molecule has 6 nitrogen and oxygen atoms in total. The van der Waals surface area contributed by atoms with Crippen LogP contribution in [-0.4, -0.2) is 46.1 Å². The lowest BCUT2D eigenvalue weighted by Gasteiger charge is -2.47. The van der Waals surface area contributed by atoms with Crippen LogP contribution in [0.15, 0.2) is 48.5 Å². The van der Waals surface area contributed by atoms with Crippen LogP contribution in [0.4, 0.5) is 0 Å². The lowest BCUT2D eigenvalue weighted by Crippen LogP contribution is -2.57. The quantitative estimate of drug-likeness (QED) is 0.776. The number of halogens is 1. The van der Waals surface area contributed by atoms with E-state index in [9.17, 15) is 14.4 Å². The van der Waals surface area contributed by atoms with E-state index in [1.807, 2.05) is 47.4 Å². The van der Waals surface area contributed by atoms with Gasteiger partial charge in [-0.05, 0) is 36.1 Å². The molecule has 4 rings (SSSR count). The molecule has 7 heteroatoms. The van der Waals surface area contributed by atoms with Crippen LogP contribution in [0.2, 0.25) is 5.02 Å². The van der Waals surface area contributed by atoms with Gasteiger partial charge >= 0.3 is 0 Å². The normalized spacial score (nSPS) is 17.4. The Balaban J connectivity index is 1.52. The number of hydrogen-bond donors (Lipinski definition) is 1. The molecule has 0 saturated carbocycles.